The van der Waals surface area contributed by atoms with E-state index < -0.39 is 9.84 Å². The second-order valence-electron chi connectivity index (χ2n) is 6.73. The Morgan fingerprint density at radius 2 is 2.08 bits per heavy atom. The molecule has 1 N–H and O–H groups in total. The second-order valence-corrected chi connectivity index (χ2v) is 8.87. The predicted molar refractivity (Wildman–Crippen MR) is 98.2 cm³/mol. The van der Waals surface area contributed by atoms with Crippen molar-refractivity contribution in [1.29, 1.82) is 0 Å². The molecule has 0 bridgehead atoms. The summed E-state index contributed by atoms with van der Waals surface area (Å²) in [5, 5.41) is 8.01. The van der Waals surface area contributed by atoms with E-state index in [1.807, 2.05) is 36.4 Å². The van der Waals surface area contributed by atoms with Crippen LogP contribution in [-0.2, 0) is 15.6 Å². The fourth-order valence-electron chi connectivity index (χ4n) is 2.86. The molecule has 0 saturated heterocycles. The van der Waals surface area contributed by atoms with Crippen LogP contribution in [0.15, 0.2) is 42.6 Å². The smallest absolute Gasteiger partial charge is 0.154 e. The summed E-state index contributed by atoms with van der Waals surface area (Å²) >= 11 is 0. The Kier molecular flexibility index (Phi) is 3.95. The summed E-state index contributed by atoms with van der Waals surface area (Å²) in [6.07, 6.45) is 5.59. The van der Waals surface area contributed by atoms with Gasteiger partial charge in [-0.2, -0.15) is 0 Å². The van der Waals surface area contributed by atoms with Crippen LogP contribution in [0.5, 0.6) is 0 Å². The minimum absolute atomic E-state index is 0.0270. The Hall–Kier alpha value is -2.41. The topological polar surface area (TPSA) is 76.4 Å². The molecular formula is C18H20N4O2S. The van der Waals surface area contributed by atoms with Crippen LogP contribution in [0.25, 0.3) is 16.9 Å². The number of rotatable bonds is 6. The molecule has 0 amide bonds. The first kappa shape index (κ1) is 16.1. The first-order chi connectivity index (χ1) is 12.0. The van der Waals surface area contributed by atoms with Crippen molar-refractivity contribution in [2.45, 2.75) is 18.6 Å². The highest BCUT2D eigenvalue weighted by Crippen LogP contribution is 2.29. The van der Waals surface area contributed by atoms with E-state index in [4.69, 9.17) is 0 Å². The van der Waals surface area contributed by atoms with Crippen LogP contribution in [-0.4, -0.2) is 35.8 Å². The zero-order valence-corrected chi connectivity index (χ0v) is 14.8. The fourth-order valence-corrected chi connectivity index (χ4v) is 3.64. The molecule has 0 aliphatic heterocycles. The number of benzene rings is 1. The lowest BCUT2D eigenvalue weighted by atomic mass is 10.1. The summed E-state index contributed by atoms with van der Waals surface area (Å²) in [6.45, 7) is 0.951. The summed E-state index contributed by atoms with van der Waals surface area (Å²) < 4.78 is 24.9. The molecule has 3 aromatic rings. The van der Waals surface area contributed by atoms with Gasteiger partial charge in [-0.1, -0.05) is 18.2 Å². The first-order valence-electron chi connectivity index (χ1n) is 8.34. The van der Waals surface area contributed by atoms with Gasteiger partial charge in [0, 0.05) is 18.4 Å². The summed E-state index contributed by atoms with van der Waals surface area (Å²) in [7, 11) is -3.07. The van der Waals surface area contributed by atoms with Gasteiger partial charge in [0.05, 0.1) is 17.6 Å². The fraction of sp³-hybridized carbons (Fsp3) is 0.333. The van der Waals surface area contributed by atoms with Crippen molar-refractivity contribution in [1.82, 2.24) is 14.6 Å². The van der Waals surface area contributed by atoms with Gasteiger partial charge in [-0.3, -0.25) is 0 Å². The number of nitrogens with zero attached hydrogens (tertiary/aromatic N) is 3. The highest BCUT2D eigenvalue weighted by atomic mass is 32.2. The van der Waals surface area contributed by atoms with E-state index in [1.165, 1.54) is 19.1 Å². The molecule has 1 aliphatic carbocycles. The minimum Gasteiger partial charge on any atom is -0.368 e. The predicted octanol–water partition coefficient (Wildman–Crippen LogP) is 2.76. The van der Waals surface area contributed by atoms with Crippen molar-refractivity contribution >= 4 is 21.3 Å². The lowest BCUT2D eigenvalue weighted by Gasteiger charge is -2.07. The maximum Gasteiger partial charge on any atom is 0.154 e. The molecule has 2 aromatic heterocycles. The van der Waals surface area contributed by atoms with Gasteiger partial charge in [-0.15, -0.1) is 5.10 Å². The average Bonchev–Trinajstić information content (AvgIpc) is 3.29. The molecule has 1 fully saturated rings. The number of anilines is 1. The number of aromatic nitrogens is 3. The maximum atomic E-state index is 11.5. The Morgan fingerprint density at radius 1 is 1.24 bits per heavy atom. The number of nitrogens with one attached hydrogen (secondary N) is 1. The molecule has 2 heterocycles. The van der Waals surface area contributed by atoms with Crippen LogP contribution in [0, 0.1) is 5.92 Å². The lowest BCUT2D eigenvalue weighted by molar-refractivity contribution is 0.601. The van der Waals surface area contributed by atoms with E-state index in [0.717, 1.165) is 40.7 Å². The molecule has 1 aliphatic rings. The van der Waals surface area contributed by atoms with Gasteiger partial charge in [0.2, 0.25) is 0 Å². The molecule has 1 aromatic carbocycles. The van der Waals surface area contributed by atoms with E-state index >= 15 is 0 Å². The molecule has 0 atom stereocenters. The molecule has 0 spiro atoms. The van der Waals surface area contributed by atoms with Crippen LogP contribution in [0.2, 0.25) is 0 Å². The second kappa shape index (κ2) is 6.15. The Balaban J connectivity index is 1.68. The van der Waals surface area contributed by atoms with Crippen LogP contribution >= 0.6 is 0 Å². The Bertz CT molecular complexity index is 1020. The Labute approximate surface area is 146 Å². The van der Waals surface area contributed by atoms with Crippen molar-refractivity contribution in [2.75, 3.05) is 18.1 Å². The number of hydrogen-bond acceptors (Lipinski definition) is 5. The zero-order valence-electron chi connectivity index (χ0n) is 14.0. The number of imidazole rings is 1. The van der Waals surface area contributed by atoms with Crippen LogP contribution in [0.3, 0.4) is 0 Å². The molecule has 1 saturated carbocycles. The normalized spacial score (nSPS) is 14.8. The van der Waals surface area contributed by atoms with Gasteiger partial charge in [-0.05, 0) is 42.5 Å². The molecule has 4 rings (SSSR count). The highest BCUT2D eigenvalue weighted by molar-refractivity contribution is 7.89. The number of sulfone groups is 1. The lowest BCUT2D eigenvalue weighted by Crippen LogP contribution is -2.07. The van der Waals surface area contributed by atoms with E-state index in [1.54, 1.807) is 10.7 Å². The molecule has 130 valence electrons. The van der Waals surface area contributed by atoms with Crippen molar-refractivity contribution in [3.63, 3.8) is 0 Å². The summed E-state index contributed by atoms with van der Waals surface area (Å²) in [5.41, 5.74) is 3.28. The summed E-state index contributed by atoms with van der Waals surface area (Å²) in [5.74, 6) is 1.62. The number of hydrogen-bond donors (Lipinski definition) is 1. The third-order valence-electron chi connectivity index (χ3n) is 4.28. The van der Waals surface area contributed by atoms with Crippen molar-refractivity contribution in [3.8, 4) is 11.3 Å². The maximum absolute atomic E-state index is 11.5. The zero-order chi connectivity index (χ0) is 17.4. The first-order valence-corrected chi connectivity index (χ1v) is 10.4. The standard InChI is InChI=1S/C18H20N4O2S/c1-25(23,24)12-14-3-2-4-15(9-14)16-11-20-18-8-7-17(21-22(16)18)19-10-13-5-6-13/h2-4,7-9,11,13H,5-6,10,12H2,1H3,(H,19,21). The van der Waals surface area contributed by atoms with Crippen LogP contribution < -0.4 is 5.32 Å². The van der Waals surface area contributed by atoms with Gasteiger partial charge in [0.1, 0.15) is 5.82 Å². The van der Waals surface area contributed by atoms with Gasteiger partial charge in [-0.25, -0.2) is 17.9 Å². The summed E-state index contributed by atoms with van der Waals surface area (Å²) in [6, 6.07) is 11.4. The van der Waals surface area contributed by atoms with Crippen molar-refractivity contribution < 1.29 is 8.42 Å². The quantitative estimate of drug-likeness (QED) is 0.735. The molecule has 6 nitrogen and oxygen atoms in total. The molecular weight excluding hydrogens is 336 g/mol. The highest BCUT2D eigenvalue weighted by Gasteiger charge is 2.20. The SMILES string of the molecule is CS(=O)(=O)Cc1cccc(-c2cnc3ccc(NCC4CC4)nn23)c1. The van der Waals surface area contributed by atoms with Crippen LogP contribution in [0.1, 0.15) is 18.4 Å². The van der Waals surface area contributed by atoms with E-state index in [2.05, 4.69) is 15.4 Å². The third-order valence-corrected chi connectivity index (χ3v) is 5.14. The minimum atomic E-state index is -3.07. The monoisotopic (exact) mass is 356 g/mol. The van der Waals surface area contributed by atoms with E-state index in [9.17, 15) is 8.42 Å². The summed E-state index contributed by atoms with van der Waals surface area (Å²) in [4.78, 5) is 4.40. The molecule has 25 heavy (non-hydrogen) atoms. The third kappa shape index (κ3) is 3.82. The van der Waals surface area contributed by atoms with Gasteiger partial charge < -0.3 is 5.32 Å². The molecule has 0 unspecified atom stereocenters. The van der Waals surface area contributed by atoms with Crippen molar-refractivity contribution in [2.24, 2.45) is 5.92 Å². The molecule has 0 radical (unpaired) electrons. The Morgan fingerprint density at radius 3 is 2.84 bits per heavy atom. The van der Waals surface area contributed by atoms with Crippen molar-refractivity contribution in [3.05, 3.63) is 48.2 Å². The van der Waals surface area contributed by atoms with Gasteiger partial charge in [0.15, 0.2) is 15.5 Å². The molecule has 7 heteroatoms. The van der Waals surface area contributed by atoms with Gasteiger partial charge >= 0.3 is 0 Å². The largest absolute Gasteiger partial charge is 0.368 e. The number of fused-ring (bicyclic) bond motifs is 1. The van der Waals surface area contributed by atoms with E-state index in [-0.39, 0.29) is 5.75 Å². The van der Waals surface area contributed by atoms with Gasteiger partial charge in [0.25, 0.3) is 0 Å². The van der Waals surface area contributed by atoms with E-state index in [0.29, 0.717) is 0 Å². The average molecular weight is 356 g/mol. The van der Waals surface area contributed by atoms with Crippen LogP contribution in [0.4, 0.5) is 5.82 Å².